The molecule has 53 heavy (non-hydrogen) atoms. The molecule has 0 bridgehead atoms. The van der Waals surface area contributed by atoms with Crippen LogP contribution in [0.15, 0.2) is 54.7 Å². The molecule has 2 N–H and O–H groups in total. The number of aryl methyl sites for hydroxylation is 3. The molecular formula is C40H43Cl2N5O6. The van der Waals surface area contributed by atoms with E-state index in [2.05, 4.69) is 15.0 Å². The van der Waals surface area contributed by atoms with E-state index in [1.54, 1.807) is 30.5 Å². The lowest BCUT2D eigenvalue weighted by Gasteiger charge is -2.21. The molecule has 3 atom stereocenters. The van der Waals surface area contributed by atoms with Crippen molar-refractivity contribution in [1.82, 2.24) is 24.5 Å². The number of pyridine rings is 3. The molecule has 0 aliphatic carbocycles. The van der Waals surface area contributed by atoms with Gasteiger partial charge in [0.25, 0.3) is 11.8 Å². The SMILES string of the molecule is COc1nc2ccc(C(O)c3cnc(C)n3C)cc2c(Cl)c1OC(C)CCOc1nc2ccc(C(O)c3ccc(C)nc3C)cc2c(Cl)c1OC(C)C. The minimum absolute atomic E-state index is 0.211. The Kier molecular flexibility index (Phi) is 11.3. The first-order chi connectivity index (χ1) is 25.3. The van der Waals surface area contributed by atoms with Gasteiger partial charge in [0, 0.05) is 41.2 Å². The second kappa shape index (κ2) is 15.7. The van der Waals surface area contributed by atoms with Crippen molar-refractivity contribution < 1.29 is 29.2 Å². The highest BCUT2D eigenvalue weighted by Gasteiger charge is 2.24. The summed E-state index contributed by atoms with van der Waals surface area (Å²) in [7, 11) is 3.36. The summed E-state index contributed by atoms with van der Waals surface area (Å²) in [6.07, 6.45) is -0.324. The first kappa shape index (κ1) is 38.1. The van der Waals surface area contributed by atoms with Gasteiger partial charge in [0.05, 0.1) is 58.9 Å². The van der Waals surface area contributed by atoms with Crippen molar-refractivity contribution in [2.45, 2.75) is 72.4 Å². The van der Waals surface area contributed by atoms with Gasteiger partial charge in [0.2, 0.25) is 11.5 Å². The Morgan fingerprint density at radius 2 is 1.38 bits per heavy atom. The predicted molar refractivity (Wildman–Crippen MR) is 206 cm³/mol. The van der Waals surface area contributed by atoms with Gasteiger partial charge in [-0.25, -0.2) is 15.0 Å². The molecule has 0 fully saturated rings. The number of ether oxygens (including phenoxy) is 4. The van der Waals surface area contributed by atoms with Gasteiger partial charge >= 0.3 is 0 Å². The van der Waals surface area contributed by atoms with Crippen LogP contribution in [0.4, 0.5) is 0 Å². The largest absolute Gasteiger partial charge is 0.484 e. The van der Waals surface area contributed by atoms with Crippen LogP contribution in [0.25, 0.3) is 21.8 Å². The summed E-state index contributed by atoms with van der Waals surface area (Å²) in [5.74, 6) is 1.86. The van der Waals surface area contributed by atoms with Crippen LogP contribution in [-0.2, 0) is 7.05 Å². The van der Waals surface area contributed by atoms with Crippen LogP contribution < -0.4 is 18.9 Å². The predicted octanol–water partition coefficient (Wildman–Crippen LogP) is 8.34. The minimum Gasteiger partial charge on any atom is -0.484 e. The molecule has 0 amide bonds. The molecule has 0 aliphatic rings. The molecule has 0 spiro atoms. The molecule has 6 aromatic rings. The van der Waals surface area contributed by atoms with Crippen molar-refractivity contribution in [1.29, 1.82) is 0 Å². The van der Waals surface area contributed by atoms with Crippen LogP contribution in [-0.4, -0.2) is 60.6 Å². The standard InChI is InChI=1S/C40H43Cl2N5O6/c1-20(2)52-38-34(42)28-17-25(35(48)27-12-9-21(3)44-23(27)5)10-13-31(28)46-40(38)51-16-15-22(4)53-37-33(41)29-18-26(11-14-30(29)45-39(37)50-8)36(49)32-19-43-24(6)47(32)7/h9-14,17-20,22,35-36,48-49H,15-16H2,1-8H3. The van der Waals surface area contributed by atoms with Gasteiger partial charge in [-0.3, -0.25) is 4.98 Å². The average Bonchev–Trinajstić information content (AvgIpc) is 3.46. The summed E-state index contributed by atoms with van der Waals surface area (Å²) >= 11 is 13.9. The zero-order valence-electron chi connectivity index (χ0n) is 30.9. The number of hydrogen-bond acceptors (Lipinski definition) is 10. The molecule has 278 valence electrons. The molecule has 6 rings (SSSR count). The average molecular weight is 761 g/mol. The maximum Gasteiger partial charge on any atom is 0.259 e. The number of nitrogens with zero attached hydrogens (tertiary/aromatic N) is 5. The fraction of sp³-hybridized carbons (Fsp3) is 0.350. The Morgan fingerprint density at radius 1 is 0.774 bits per heavy atom. The molecule has 11 nitrogen and oxygen atoms in total. The van der Waals surface area contributed by atoms with Crippen LogP contribution in [0.1, 0.15) is 79.0 Å². The summed E-state index contributed by atoms with van der Waals surface area (Å²) in [4.78, 5) is 18.2. The number of aromatic nitrogens is 5. The molecular weight excluding hydrogens is 717 g/mol. The number of benzene rings is 2. The summed E-state index contributed by atoms with van der Waals surface area (Å²) in [6.45, 7) is 11.6. The molecule has 13 heteroatoms. The molecule has 0 saturated carbocycles. The zero-order chi connectivity index (χ0) is 38.1. The summed E-state index contributed by atoms with van der Waals surface area (Å²) < 4.78 is 26.0. The second-order valence-electron chi connectivity index (χ2n) is 13.3. The Balaban J connectivity index is 1.21. The van der Waals surface area contributed by atoms with E-state index in [-0.39, 0.29) is 36.3 Å². The summed E-state index contributed by atoms with van der Waals surface area (Å²) in [5, 5.41) is 24.3. The van der Waals surface area contributed by atoms with Crippen molar-refractivity contribution >= 4 is 45.0 Å². The van der Waals surface area contributed by atoms with Gasteiger partial charge in [0.15, 0.2) is 0 Å². The van der Waals surface area contributed by atoms with E-state index in [0.29, 0.717) is 66.4 Å². The number of hydrogen-bond donors (Lipinski definition) is 2. The third-order valence-corrected chi connectivity index (χ3v) is 9.85. The smallest absolute Gasteiger partial charge is 0.259 e. The van der Waals surface area contributed by atoms with E-state index >= 15 is 0 Å². The zero-order valence-corrected chi connectivity index (χ0v) is 32.5. The van der Waals surface area contributed by atoms with Crippen molar-refractivity contribution in [3.63, 3.8) is 0 Å². The van der Waals surface area contributed by atoms with Crippen molar-refractivity contribution in [2.24, 2.45) is 7.05 Å². The minimum atomic E-state index is -0.917. The van der Waals surface area contributed by atoms with E-state index in [0.717, 1.165) is 17.2 Å². The highest BCUT2D eigenvalue weighted by atomic mass is 35.5. The lowest BCUT2D eigenvalue weighted by atomic mass is 9.98. The van der Waals surface area contributed by atoms with E-state index in [9.17, 15) is 10.2 Å². The van der Waals surface area contributed by atoms with E-state index in [4.69, 9.17) is 47.1 Å². The number of aliphatic hydroxyl groups excluding tert-OH is 2. The lowest BCUT2D eigenvalue weighted by molar-refractivity contribution is 0.162. The highest BCUT2D eigenvalue weighted by Crippen LogP contribution is 2.43. The molecule has 4 heterocycles. The van der Waals surface area contributed by atoms with E-state index < -0.39 is 12.2 Å². The topological polar surface area (TPSA) is 134 Å². The van der Waals surface area contributed by atoms with Gasteiger partial charge in [-0.1, -0.05) is 41.4 Å². The first-order valence-electron chi connectivity index (χ1n) is 17.3. The molecule has 3 unspecified atom stereocenters. The Hall–Kier alpha value is -4.68. The van der Waals surface area contributed by atoms with Gasteiger partial charge in [-0.2, -0.15) is 0 Å². The fourth-order valence-electron chi connectivity index (χ4n) is 6.11. The number of halogens is 2. The number of aliphatic hydroxyl groups is 2. The Labute approximate surface area is 318 Å². The van der Waals surface area contributed by atoms with Gasteiger partial charge < -0.3 is 33.7 Å². The quantitative estimate of drug-likeness (QED) is 0.118. The lowest BCUT2D eigenvalue weighted by Crippen LogP contribution is -2.17. The molecule has 0 saturated heterocycles. The number of methoxy groups -OCH3 is 1. The van der Waals surface area contributed by atoms with Gasteiger partial charge in [0.1, 0.15) is 18.0 Å². The highest BCUT2D eigenvalue weighted by molar-refractivity contribution is 6.37. The molecule has 0 radical (unpaired) electrons. The van der Waals surface area contributed by atoms with Gasteiger partial charge in [-0.05, 0) is 83.0 Å². The molecule has 4 aromatic heterocycles. The normalized spacial score (nSPS) is 13.4. The van der Waals surface area contributed by atoms with Crippen LogP contribution >= 0.6 is 23.2 Å². The fourth-order valence-corrected chi connectivity index (χ4v) is 6.67. The second-order valence-corrected chi connectivity index (χ2v) is 14.1. The number of fused-ring (bicyclic) bond motifs is 2. The van der Waals surface area contributed by atoms with E-state index in [1.807, 2.05) is 77.4 Å². The van der Waals surface area contributed by atoms with Crippen LogP contribution in [0, 0.1) is 20.8 Å². The van der Waals surface area contributed by atoms with Crippen molar-refractivity contribution in [3.8, 4) is 23.3 Å². The number of rotatable bonds is 13. The third-order valence-electron chi connectivity index (χ3n) is 9.10. The Bertz CT molecular complexity index is 2300. The maximum absolute atomic E-state index is 11.2. The summed E-state index contributed by atoms with van der Waals surface area (Å²) in [6, 6.07) is 14.6. The molecule has 2 aromatic carbocycles. The van der Waals surface area contributed by atoms with Crippen molar-refractivity contribution in [2.75, 3.05) is 13.7 Å². The summed E-state index contributed by atoms with van der Waals surface area (Å²) in [5.41, 5.74) is 5.47. The van der Waals surface area contributed by atoms with Gasteiger partial charge in [-0.15, -0.1) is 0 Å². The monoisotopic (exact) mass is 759 g/mol. The van der Waals surface area contributed by atoms with Crippen LogP contribution in [0.5, 0.6) is 23.3 Å². The first-order valence-corrected chi connectivity index (χ1v) is 18.1. The maximum atomic E-state index is 11.2. The van der Waals surface area contributed by atoms with Crippen molar-refractivity contribution in [3.05, 3.63) is 104 Å². The van der Waals surface area contributed by atoms with Crippen LogP contribution in [0.3, 0.4) is 0 Å². The van der Waals surface area contributed by atoms with E-state index in [1.165, 1.54) is 7.11 Å². The van der Waals surface area contributed by atoms with Crippen LogP contribution in [0.2, 0.25) is 10.0 Å². The third kappa shape index (κ3) is 7.84. The number of imidazole rings is 1. The Morgan fingerprint density at radius 3 is 1.94 bits per heavy atom. The molecule has 0 aliphatic heterocycles.